The summed E-state index contributed by atoms with van der Waals surface area (Å²) in [6.07, 6.45) is 1.97. The molecule has 0 spiro atoms. The molecule has 0 aromatic rings. The zero-order valence-electron chi connectivity index (χ0n) is 12.1. The van der Waals surface area contributed by atoms with Gasteiger partial charge < -0.3 is 15.4 Å². The smallest absolute Gasteiger partial charge is 0.408 e. The fourth-order valence-electron chi connectivity index (χ4n) is 1.33. The monoisotopic (exact) mass is 244 g/mol. The molecule has 0 radical (unpaired) electrons. The minimum absolute atomic E-state index is 0.296. The van der Waals surface area contributed by atoms with Crippen LogP contribution in [0.3, 0.4) is 0 Å². The maximum Gasteiger partial charge on any atom is 0.408 e. The second-order valence-corrected chi connectivity index (χ2v) is 6.04. The zero-order valence-corrected chi connectivity index (χ0v) is 12.1. The highest BCUT2D eigenvalue weighted by molar-refractivity contribution is 5.68. The van der Waals surface area contributed by atoms with Crippen molar-refractivity contribution in [1.29, 1.82) is 0 Å². The molecular formula is C13H28N2O2. The van der Waals surface area contributed by atoms with Gasteiger partial charge in [-0.2, -0.15) is 0 Å². The Morgan fingerprint density at radius 1 is 1.18 bits per heavy atom. The van der Waals surface area contributed by atoms with E-state index >= 15 is 0 Å². The van der Waals surface area contributed by atoms with Gasteiger partial charge in [0.25, 0.3) is 0 Å². The van der Waals surface area contributed by atoms with Crippen molar-refractivity contribution in [1.82, 2.24) is 10.6 Å². The third kappa shape index (κ3) is 10.1. The van der Waals surface area contributed by atoms with E-state index in [0.29, 0.717) is 0 Å². The third-order valence-electron chi connectivity index (χ3n) is 2.11. The van der Waals surface area contributed by atoms with E-state index in [1.807, 2.05) is 34.6 Å². The number of unbranched alkanes of at least 4 members (excludes halogenated alkanes) is 1. The molecule has 0 aromatic heterocycles. The fourth-order valence-corrected chi connectivity index (χ4v) is 1.33. The first kappa shape index (κ1) is 16.2. The molecule has 2 N–H and O–H groups in total. The van der Waals surface area contributed by atoms with Crippen molar-refractivity contribution in [2.75, 3.05) is 13.1 Å². The molecule has 0 heterocycles. The second-order valence-electron chi connectivity index (χ2n) is 6.04. The van der Waals surface area contributed by atoms with Crippen LogP contribution in [0.4, 0.5) is 4.79 Å². The van der Waals surface area contributed by atoms with E-state index in [-0.39, 0.29) is 11.6 Å². The number of ether oxygens (including phenoxy) is 1. The number of nitrogens with one attached hydrogen (secondary N) is 2. The molecule has 0 saturated carbocycles. The molecule has 0 rings (SSSR count). The van der Waals surface area contributed by atoms with Crippen molar-refractivity contribution in [2.45, 2.75) is 65.5 Å². The fraction of sp³-hybridized carbons (Fsp3) is 0.923. The Labute approximate surface area is 105 Å². The number of amides is 1. The molecule has 17 heavy (non-hydrogen) atoms. The number of alkyl carbamates (subject to hydrolysis) is 1. The summed E-state index contributed by atoms with van der Waals surface area (Å²) < 4.78 is 5.22. The van der Waals surface area contributed by atoms with Crippen LogP contribution < -0.4 is 10.6 Å². The molecule has 0 atom stereocenters. The van der Waals surface area contributed by atoms with Gasteiger partial charge in [0.05, 0.1) is 5.54 Å². The lowest BCUT2D eigenvalue weighted by atomic mass is 10.1. The van der Waals surface area contributed by atoms with Crippen LogP contribution in [0.15, 0.2) is 0 Å². The Morgan fingerprint density at radius 3 is 2.24 bits per heavy atom. The first-order valence-electron chi connectivity index (χ1n) is 6.38. The molecule has 0 bridgehead atoms. The van der Waals surface area contributed by atoms with Crippen molar-refractivity contribution >= 4 is 6.09 Å². The van der Waals surface area contributed by atoms with E-state index in [1.165, 1.54) is 6.42 Å². The first-order valence-corrected chi connectivity index (χ1v) is 6.38. The maximum absolute atomic E-state index is 11.6. The lowest BCUT2D eigenvalue weighted by Crippen LogP contribution is -2.51. The predicted molar refractivity (Wildman–Crippen MR) is 71.2 cm³/mol. The maximum atomic E-state index is 11.6. The van der Waals surface area contributed by atoms with E-state index in [2.05, 4.69) is 17.6 Å². The molecule has 0 aliphatic carbocycles. The van der Waals surface area contributed by atoms with Crippen LogP contribution in [-0.2, 0) is 4.74 Å². The lowest BCUT2D eigenvalue weighted by molar-refractivity contribution is 0.0472. The van der Waals surface area contributed by atoms with Gasteiger partial charge in [0, 0.05) is 6.54 Å². The second kappa shape index (κ2) is 6.84. The van der Waals surface area contributed by atoms with E-state index in [4.69, 9.17) is 4.74 Å². The normalized spacial score (nSPS) is 12.4. The minimum atomic E-state index is -0.449. The molecule has 0 aliphatic heterocycles. The van der Waals surface area contributed by atoms with Gasteiger partial charge in [0.1, 0.15) is 5.60 Å². The van der Waals surface area contributed by atoms with Gasteiger partial charge in [0.15, 0.2) is 0 Å². The summed E-state index contributed by atoms with van der Waals surface area (Å²) in [5.41, 5.74) is -0.744. The highest BCUT2D eigenvalue weighted by atomic mass is 16.6. The van der Waals surface area contributed by atoms with E-state index < -0.39 is 5.60 Å². The molecule has 0 aliphatic rings. The topological polar surface area (TPSA) is 50.4 Å². The van der Waals surface area contributed by atoms with E-state index in [9.17, 15) is 4.79 Å². The number of carbonyl (C=O) groups is 1. The van der Waals surface area contributed by atoms with Crippen molar-refractivity contribution in [3.8, 4) is 0 Å². The van der Waals surface area contributed by atoms with Crippen molar-refractivity contribution < 1.29 is 9.53 Å². The Kier molecular flexibility index (Phi) is 6.53. The lowest BCUT2D eigenvalue weighted by Gasteiger charge is -2.29. The summed E-state index contributed by atoms with van der Waals surface area (Å²) in [5, 5.41) is 6.19. The molecule has 102 valence electrons. The molecule has 0 unspecified atom stereocenters. The standard InChI is InChI=1S/C13H28N2O2/c1-7-8-9-14-10-13(5,6)15-11(16)17-12(2,3)4/h14H,7-10H2,1-6H3,(H,15,16). The van der Waals surface area contributed by atoms with Gasteiger partial charge in [-0.15, -0.1) is 0 Å². The van der Waals surface area contributed by atoms with Crippen molar-refractivity contribution in [3.63, 3.8) is 0 Å². The SMILES string of the molecule is CCCCNCC(C)(C)NC(=O)OC(C)(C)C. The number of hydrogen-bond acceptors (Lipinski definition) is 3. The molecule has 0 fully saturated rings. The molecule has 0 aromatic carbocycles. The summed E-state index contributed by atoms with van der Waals surface area (Å²) in [6, 6.07) is 0. The average molecular weight is 244 g/mol. The van der Waals surface area contributed by atoms with Crippen LogP contribution >= 0.6 is 0 Å². The van der Waals surface area contributed by atoms with Gasteiger partial charge in [-0.05, 0) is 47.6 Å². The number of rotatable bonds is 6. The molecule has 1 amide bonds. The van der Waals surface area contributed by atoms with E-state index in [0.717, 1.165) is 19.5 Å². The van der Waals surface area contributed by atoms with Gasteiger partial charge in [0.2, 0.25) is 0 Å². The Hall–Kier alpha value is -0.770. The average Bonchev–Trinajstić information content (AvgIpc) is 2.08. The van der Waals surface area contributed by atoms with Crippen LogP contribution in [0.5, 0.6) is 0 Å². The van der Waals surface area contributed by atoms with Crippen molar-refractivity contribution in [3.05, 3.63) is 0 Å². The third-order valence-corrected chi connectivity index (χ3v) is 2.11. The summed E-state index contributed by atoms with van der Waals surface area (Å²) >= 11 is 0. The van der Waals surface area contributed by atoms with Gasteiger partial charge in [-0.25, -0.2) is 4.79 Å². The van der Waals surface area contributed by atoms with Gasteiger partial charge in [-0.1, -0.05) is 13.3 Å². The van der Waals surface area contributed by atoms with E-state index in [1.54, 1.807) is 0 Å². The molecular weight excluding hydrogens is 216 g/mol. The van der Waals surface area contributed by atoms with Crippen LogP contribution in [-0.4, -0.2) is 30.3 Å². The predicted octanol–water partition coefficient (Wildman–Crippen LogP) is 2.68. The van der Waals surface area contributed by atoms with Crippen LogP contribution in [0.2, 0.25) is 0 Å². The quantitative estimate of drug-likeness (QED) is 0.706. The summed E-state index contributed by atoms with van der Waals surface area (Å²) in [7, 11) is 0. The summed E-state index contributed by atoms with van der Waals surface area (Å²) in [5.74, 6) is 0. The first-order chi connectivity index (χ1) is 7.66. The molecule has 4 heteroatoms. The van der Waals surface area contributed by atoms with Crippen LogP contribution in [0.25, 0.3) is 0 Å². The number of hydrogen-bond donors (Lipinski definition) is 2. The number of carbonyl (C=O) groups excluding carboxylic acids is 1. The highest BCUT2D eigenvalue weighted by Gasteiger charge is 2.23. The zero-order chi connectivity index (χ0) is 13.5. The molecule has 4 nitrogen and oxygen atoms in total. The van der Waals surface area contributed by atoms with Gasteiger partial charge in [-0.3, -0.25) is 0 Å². The Balaban J connectivity index is 3.94. The minimum Gasteiger partial charge on any atom is -0.444 e. The largest absolute Gasteiger partial charge is 0.444 e. The Morgan fingerprint density at radius 2 is 1.76 bits per heavy atom. The van der Waals surface area contributed by atoms with Crippen LogP contribution in [0, 0.1) is 0 Å². The van der Waals surface area contributed by atoms with Crippen molar-refractivity contribution in [2.24, 2.45) is 0 Å². The highest BCUT2D eigenvalue weighted by Crippen LogP contribution is 2.09. The summed E-state index contributed by atoms with van der Waals surface area (Å²) in [4.78, 5) is 11.6. The molecule has 0 saturated heterocycles. The van der Waals surface area contributed by atoms with Crippen LogP contribution in [0.1, 0.15) is 54.4 Å². The Bertz CT molecular complexity index is 232. The van der Waals surface area contributed by atoms with Gasteiger partial charge >= 0.3 is 6.09 Å². The summed E-state index contributed by atoms with van der Waals surface area (Å²) in [6.45, 7) is 13.4.